The van der Waals surface area contributed by atoms with Crippen LogP contribution in [0.2, 0.25) is 0 Å². The van der Waals surface area contributed by atoms with E-state index in [0.717, 1.165) is 16.7 Å². The first-order valence-electron chi connectivity index (χ1n) is 18.4. The van der Waals surface area contributed by atoms with Crippen molar-refractivity contribution in [2.45, 2.75) is 44.4 Å². The molecular formula is C44H45N5O8. The van der Waals surface area contributed by atoms with Crippen molar-refractivity contribution in [1.29, 1.82) is 0 Å². The zero-order chi connectivity index (χ0) is 40.4. The van der Waals surface area contributed by atoms with Crippen LogP contribution in [0.5, 0.6) is 11.5 Å². The summed E-state index contributed by atoms with van der Waals surface area (Å²) in [4.78, 5) is 58.8. The quantitative estimate of drug-likeness (QED) is 0.0445. The SMILES string of the molecule is NC(=O)[C@@H](CCCNC(=NC(=O)OCc1ccccc1)NC(=O)OCc1ccccc1)N(CCc1ccc(O)cc1)C(=O)[C@H](c1ccccc1)c1ccc(O)cc1. The summed E-state index contributed by atoms with van der Waals surface area (Å²) in [6.45, 7) is 0.132. The Labute approximate surface area is 330 Å². The number of aromatic hydroxyl groups is 2. The fraction of sp³-hybridized carbons (Fsp3) is 0.205. The summed E-state index contributed by atoms with van der Waals surface area (Å²) in [5, 5.41) is 25.2. The van der Waals surface area contributed by atoms with Crippen molar-refractivity contribution >= 4 is 30.0 Å². The van der Waals surface area contributed by atoms with E-state index in [0.29, 0.717) is 17.5 Å². The van der Waals surface area contributed by atoms with Crippen LogP contribution >= 0.6 is 0 Å². The van der Waals surface area contributed by atoms with Gasteiger partial charge >= 0.3 is 12.2 Å². The molecule has 2 atom stereocenters. The lowest BCUT2D eigenvalue weighted by Gasteiger charge is -2.33. The first-order chi connectivity index (χ1) is 27.7. The molecule has 0 spiro atoms. The number of hydrogen-bond acceptors (Lipinski definition) is 8. The van der Waals surface area contributed by atoms with E-state index in [2.05, 4.69) is 15.6 Å². The third-order valence-electron chi connectivity index (χ3n) is 8.96. The van der Waals surface area contributed by atoms with E-state index >= 15 is 0 Å². The molecule has 6 N–H and O–H groups in total. The number of guanidine groups is 1. The highest BCUT2D eigenvalue weighted by Crippen LogP contribution is 2.30. The van der Waals surface area contributed by atoms with Gasteiger partial charge in [0.2, 0.25) is 17.8 Å². The Balaban J connectivity index is 1.33. The maximum atomic E-state index is 14.7. The summed E-state index contributed by atoms with van der Waals surface area (Å²) in [6.07, 6.45) is -1.15. The molecule has 0 fully saturated rings. The lowest BCUT2D eigenvalue weighted by atomic mass is 9.89. The van der Waals surface area contributed by atoms with Gasteiger partial charge in [-0.05, 0) is 71.3 Å². The molecule has 0 heterocycles. The van der Waals surface area contributed by atoms with E-state index < -0.39 is 30.1 Å². The Bertz CT molecular complexity index is 2080. The van der Waals surface area contributed by atoms with Crippen LogP contribution in [0.25, 0.3) is 0 Å². The lowest BCUT2D eigenvalue weighted by Crippen LogP contribution is -2.51. The van der Waals surface area contributed by atoms with Gasteiger partial charge in [-0.25, -0.2) is 9.59 Å². The second-order valence-electron chi connectivity index (χ2n) is 13.1. The average molecular weight is 772 g/mol. The number of nitrogens with one attached hydrogen (secondary N) is 2. The Morgan fingerprint density at radius 1 is 0.667 bits per heavy atom. The van der Waals surface area contributed by atoms with Gasteiger partial charge in [0.05, 0.1) is 5.92 Å². The van der Waals surface area contributed by atoms with Crippen molar-refractivity contribution in [2.24, 2.45) is 10.7 Å². The predicted octanol–water partition coefficient (Wildman–Crippen LogP) is 6.14. The zero-order valence-corrected chi connectivity index (χ0v) is 31.2. The number of nitrogens with zero attached hydrogens (tertiary/aromatic N) is 2. The van der Waals surface area contributed by atoms with Crippen molar-refractivity contribution < 1.29 is 38.9 Å². The number of benzene rings is 5. The molecule has 4 amide bonds. The molecule has 13 nitrogen and oxygen atoms in total. The van der Waals surface area contributed by atoms with E-state index in [1.807, 2.05) is 54.6 Å². The molecule has 0 aliphatic carbocycles. The van der Waals surface area contributed by atoms with E-state index in [1.165, 1.54) is 17.0 Å². The highest BCUT2D eigenvalue weighted by atomic mass is 16.6. The average Bonchev–Trinajstić information content (AvgIpc) is 3.22. The van der Waals surface area contributed by atoms with Gasteiger partial charge in [-0.15, -0.1) is 4.99 Å². The standard InChI is InChI=1S/C44H45N5O8/c45-40(52)38(17-10-27-46-42(47-43(54)56-29-32-11-4-1-5-12-32)48-44(55)57-30-33-13-6-2-7-14-33)49(28-26-31-18-22-36(50)23-19-31)41(53)39(34-15-8-3-9-16-34)35-20-24-37(51)25-21-35/h1-9,11-16,18-25,38-39,50-51H,10,17,26-30H2,(H2,45,52)(H2,46,47,48,54,55)/t38-,39-/m1/s1. The number of primary amides is 1. The monoisotopic (exact) mass is 771 g/mol. The molecule has 0 aliphatic rings. The number of amides is 4. The summed E-state index contributed by atoms with van der Waals surface area (Å²) in [7, 11) is 0. The largest absolute Gasteiger partial charge is 0.508 e. The van der Waals surface area contributed by atoms with Crippen LogP contribution in [0.4, 0.5) is 9.59 Å². The molecule has 0 aliphatic heterocycles. The zero-order valence-electron chi connectivity index (χ0n) is 31.2. The molecule has 0 aromatic heterocycles. The fourth-order valence-electron chi connectivity index (χ4n) is 6.05. The number of phenolic OH excluding ortho intramolecular Hbond substituents is 2. The van der Waals surface area contributed by atoms with Gasteiger partial charge in [0.1, 0.15) is 30.8 Å². The van der Waals surface area contributed by atoms with Crippen molar-refractivity contribution in [3.05, 3.63) is 167 Å². The number of carbonyl (C=O) groups excluding carboxylic acids is 4. The first kappa shape index (κ1) is 41.0. The third-order valence-corrected chi connectivity index (χ3v) is 8.96. The molecule has 0 saturated carbocycles. The summed E-state index contributed by atoms with van der Waals surface area (Å²) >= 11 is 0. The molecule has 294 valence electrons. The molecule has 5 rings (SSSR count). The number of aliphatic imine (C=N–C) groups is 1. The van der Waals surface area contributed by atoms with Crippen molar-refractivity contribution in [1.82, 2.24) is 15.5 Å². The Morgan fingerprint density at radius 2 is 1.19 bits per heavy atom. The molecular weight excluding hydrogens is 727 g/mol. The number of hydrogen-bond donors (Lipinski definition) is 5. The smallest absolute Gasteiger partial charge is 0.437 e. The number of carbonyl (C=O) groups is 4. The minimum atomic E-state index is -1.07. The van der Waals surface area contributed by atoms with Gasteiger partial charge in [0, 0.05) is 13.1 Å². The number of ether oxygens (including phenoxy) is 2. The van der Waals surface area contributed by atoms with Gasteiger partial charge in [-0.1, -0.05) is 115 Å². The minimum Gasteiger partial charge on any atom is -0.508 e. The molecule has 0 radical (unpaired) electrons. The third kappa shape index (κ3) is 13.0. The van der Waals surface area contributed by atoms with Crippen LogP contribution in [0.1, 0.15) is 46.6 Å². The molecule has 5 aromatic carbocycles. The summed E-state index contributed by atoms with van der Waals surface area (Å²) < 4.78 is 10.6. The molecule has 0 unspecified atom stereocenters. The minimum absolute atomic E-state index is 0.0270. The molecule has 0 bridgehead atoms. The van der Waals surface area contributed by atoms with Crippen LogP contribution in [0.3, 0.4) is 0 Å². The maximum Gasteiger partial charge on any atom is 0.437 e. The number of nitrogens with two attached hydrogens (primary N) is 1. The van der Waals surface area contributed by atoms with Crippen LogP contribution in [-0.2, 0) is 38.7 Å². The summed E-state index contributed by atoms with van der Waals surface area (Å²) in [6, 6.07) is 39.0. The van der Waals surface area contributed by atoms with E-state index in [1.54, 1.807) is 72.8 Å². The molecule has 5 aromatic rings. The van der Waals surface area contributed by atoms with E-state index in [-0.39, 0.29) is 62.5 Å². The number of alkyl carbamates (subject to hydrolysis) is 1. The van der Waals surface area contributed by atoms with Crippen molar-refractivity contribution in [3.8, 4) is 11.5 Å². The Kier molecular flexibility index (Phi) is 15.2. The summed E-state index contributed by atoms with van der Waals surface area (Å²) in [5.74, 6) is -2.05. The predicted molar refractivity (Wildman–Crippen MR) is 214 cm³/mol. The second kappa shape index (κ2) is 21.1. The molecule has 57 heavy (non-hydrogen) atoms. The Morgan fingerprint density at radius 3 is 1.77 bits per heavy atom. The first-order valence-corrected chi connectivity index (χ1v) is 18.4. The second-order valence-corrected chi connectivity index (χ2v) is 13.1. The van der Waals surface area contributed by atoms with Gasteiger partial charge in [-0.3, -0.25) is 14.9 Å². The van der Waals surface area contributed by atoms with Crippen LogP contribution < -0.4 is 16.4 Å². The van der Waals surface area contributed by atoms with Crippen LogP contribution in [0.15, 0.2) is 145 Å². The molecule has 13 heteroatoms. The van der Waals surface area contributed by atoms with E-state index in [4.69, 9.17) is 15.2 Å². The van der Waals surface area contributed by atoms with Gasteiger partial charge in [0.25, 0.3) is 0 Å². The van der Waals surface area contributed by atoms with Gasteiger partial charge < -0.3 is 35.6 Å². The van der Waals surface area contributed by atoms with E-state index in [9.17, 15) is 29.4 Å². The lowest BCUT2D eigenvalue weighted by molar-refractivity contribution is -0.140. The fourth-order valence-corrected chi connectivity index (χ4v) is 6.05. The Hall–Kier alpha value is -7.15. The topological polar surface area (TPSA) is 193 Å². The van der Waals surface area contributed by atoms with Crippen LogP contribution in [-0.4, -0.2) is 64.2 Å². The highest BCUT2D eigenvalue weighted by molar-refractivity contribution is 5.98. The number of phenols is 2. The highest BCUT2D eigenvalue weighted by Gasteiger charge is 2.34. The summed E-state index contributed by atoms with van der Waals surface area (Å²) in [5.41, 5.74) is 9.62. The van der Waals surface area contributed by atoms with Gasteiger partial charge in [-0.2, -0.15) is 0 Å². The van der Waals surface area contributed by atoms with Gasteiger partial charge in [0.15, 0.2) is 0 Å². The van der Waals surface area contributed by atoms with Crippen LogP contribution in [0, 0.1) is 0 Å². The normalized spacial score (nSPS) is 12.1. The van der Waals surface area contributed by atoms with Crippen molar-refractivity contribution in [3.63, 3.8) is 0 Å². The van der Waals surface area contributed by atoms with Crippen molar-refractivity contribution in [2.75, 3.05) is 13.1 Å². The maximum absolute atomic E-state index is 14.7. The molecule has 0 saturated heterocycles. The number of rotatable bonds is 16.